The van der Waals surface area contributed by atoms with Gasteiger partial charge in [-0.15, -0.1) is 0 Å². The maximum absolute atomic E-state index is 6.24. The highest BCUT2D eigenvalue weighted by Gasteiger charge is 2.28. The summed E-state index contributed by atoms with van der Waals surface area (Å²) >= 11 is 12.5. The molecule has 0 bridgehead atoms. The Balaban J connectivity index is 2.26. The summed E-state index contributed by atoms with van der Waals surface area (Å²) < 4.78 is 0. The number of hydrogen-bond donors (Lipinski definition) is 0. The Labute approximate surface area is 119 Å². The van der Waals surface area contributed by atoms with Crippen molar-refractivity contribution in [1.29, 1.82) is 0 Å². The fourth-order valence-corrected chi connectivity index (χ4v) is 3.61. The molecular formula is C14H20Cl2N2. The zero-order chi connectivity index (χ0) is 13.3. The van der Waals surface area contributed by atoms with Gasteiger partial charge in [-0.05, 0) is 31.1 Å². The van der Waals surface area contributed by atoms with Gasteiger partial charge in [-0.3, -0.25) is 0 Å². The van der Waals surface area contributed by atoms with E-state index >= 15 is 0 Å². The first-order chi connectivity index (χ1) is 8.52. The second-order valence-corrected chi connectivity index (χ2v) is 6.23. The normalized spacial score (nSPS) is 23.9. The molecule has 1 aromatic rings. The Bertz CT molecular complexity index is 409. The van der Waals surface area contributed by atoms with Crippen LogP contribution in [0.5, 0.6) is 0 Å². The van der Waals surface area contributed by atoms with E-state index in [1.165, 1.54) is 19.3 Å². The largest absolute Gasteiger partial charge is 0.221 e. The Hall–Kier alpha value is -0.340. The molecule has 4 heteroatoms. The van der Waals surface area contributed by atoms with Crippen LogP contribution in [0.2, 0.25) is 10.3 Å². The van der Waals surface area contributed by atoms with Crippen LogP contribution in [0.4, 0.5) is 0 Å². The van der Waals surface area contributed by atoms with E-state index in [0.29, 0.717) is 16.2 Å². The van der Waals surface area contributed by atoms with E-state index in [1.54, 1.807) is 0 Å². The first-order valence-electron chi connectivity index (χ1n) is 6.75. The molecular weight excluding hydrogens is 267 g/mol. The molecule has 0 spiro atoms. The van der Waals surface area contributed by atoms with Gasteiger partial charge in [0.2, 0.25) is 0 Å². The molecule has 0 N–H and O–H groups in total. The molecule has 0 saturated heterocycles. The number of aromatic nitrogens is 2. The van der Waals surface area contributed by atoms with Crippen molar-refractivity contribution in [2.45, 2.75) is 58.3 Å². The summed E-state index contributed by atoms with van der Waals surface area (Å²) in [7, 11) is 0. The minimum absolute atomic E-state index is 0.256. The van der Waals surface area contributed by atoms with Crippen LogP contribution in [0.1, 0.15) is 69.7 Å². The highest BCUT2D eigenvalue weighted by molar-refractivity contribution is 6.34. The molecule has 0 aromatic carbocycles. The van der Waals surface area contributed by atoms with E-state index in [2.05, 4.69) is 30.7 Å². The van der Waals surface area contributed by atoms with Crippen LogP contribution in [0, 0.1) is 5.92 Å². The van der Waals surface area contributed by atoms with Crippen molar-refractivity contribution < 1.29 is 0 Å². The topological polar surface area (TPSA) is 25.8 Å². The quantitative estimate of drug-likeness (QED) is 0.714. The molecule has 2 rings (SSSR count). The Morgan fingerprint density at radius 3 is 2.22 bits per heavy atom. The van der Waals surface area contributed by atoms with Crippen molar-refractivity contribution in [2.75, 3.05) is 0 Å². The molecule has 2 unspecified atom stereocenters. The summed E-state index contributed by atoms with van der Waals surface area (Å²) in [4.78, 5) is 8.95. The molecule has 18 heavy (non-hydrogen) atoms. The maximum Gasteiger partial charge on any atom is 0.137 e. The smallest absolute Gasteiger partial charge is 0.137 e. The highest BCUT2D eigenvalue weighted by atomic mass is 35.5. The predicted molar refractivity (Wildman–Crippen MR) is 76.5 cm³/mol. The summed E-state index contributed by atoms with van der Waals surface area (Å²) in [6, 6.07) is 0. The van der Waals surface area contributed by atoms with Gasteiger partial charge in [0.1, 0.15) is 16.1 Å². The summed E-state index contributed by atoms with van der Waals surface area (Å²) in [5.41, 5.74) is 0.868. The van der Waals surface area contributed by atoms with Gasteiger partial charge in [0.25, 0.3) is 0 Å². The molecule has 1 aliphatic rings. The average Bonchev–Trinajstić information content (AvgIpc) is 2.75. The van der Waals surface area contributed by atoms with E-state index in [4.69, 9.17) is 23.2 Å². The van der Waals surface area contributed by atoms with E-state index < -0.39 is 0 Å². The van der Waals surface area contributed by atoms with Crippen LogP contribution in [-0.4, -0.2) is 9.97 Å². The lowest BCUT2D eigenvalue weighted by Gasteiger charge is -2.14. The number of nitrogens with zero attached hydrogens (tertiary/aromatic N) is 2. The van der Waals surface area contributed by atoms with Gasteiger partial charge in [0, 0.05) is 11.5 Å². The second-order valence-electron chi connectivity index (χ2n) is 5.52. The lowest BCUT2D eigenvalue weighted by atomic mass is 10.0. The van der Waals surface area contributed by atoms with Crippen LogP contribution in [0.15, 0.2) is 0 Å². The molecule has 1 saturated carbocycles. The first kappa shape index (κ1) is 14.1. The van der Waals surface area contributed by atoms with Gasteiger partial charge in [0.15, 0.2) is 0 Å². The van der Waals surface area contributed by atoms with E-state index in [1.807, 2.05) is 0 Å². The van der Waals surface area contributed by atoms with Crippen molar-refractivity contribution in [1.82, 2.24) is 9.97 Å². The summed E-state index contributed by atoms with van der Waals surface area (Å²) in [6.07, 6.45) is 4.84. The zero-order valence-corrected chi connectivity index (χ0v) is 12.7. The minimum atomic E-state index is 0.256. The summed E-state index contributed by atoms with van der Waals surface area (Å²) in [5, 5.41) is 1.06. The zero-order valence-electron chi connectivity index (χ0n) is 11.2. The third-order valence-electron chi connectivity index (χ3n) is 3.93. The molecule has 1 fully saturated rings. The molecule has 1 heterocycles. The average molecular weight is 287 g/mol. The van der Waals surface area contributed by atoms with Crippen molar-refractivity contribution in [3.8, 4) is 0 Å². The highest BCUT2D eigenvalue weighted by Crippen LogP contribution is 2.40. The van der Waals surface area contributed by atoms with Gasteiger partial charge < -0.3 is 0 Å². The first-order valence-corrected chi connectivity index (χ1v) is 7.51. The Kier molecular flexibility index (Phi) is 4.50. The van der Waals surface area contributed by atoms with Crippen LogP contribution in [0.25, 0.3) is 0 Å². The van der Waals surface area contributed by atoms with Crippen molar-refractivity contribution in [3.63, 3.8) is 0 Å². The second kappa shape index (κ2) is 5.75. The van der Waals surface area contributed by atoms with E-state index in [0.717, 1.165) is 23.7 Å². The van der Waals surface area contributed by atoms with Crippen LogP contribution in [-0.2, 0) is 0 Å². The molecule has 2 nitrogen and oxygen atoms in total. The summed E-state index contributed by atoms with van der Waals surface area (Å²) in [6.45, 7) is 6.35. The molecule has 0 amide bonds. The van der Waals surface area contributed by atoms with E-state index in [9.17, 15) is 0 Å². The van der Waals surface area contributed by atoms with Gasteiger partial charge >= 0.3 is 0 Å². The third-order valence-corrected chi connectivity index (χ3v) is 4.51. The van der Waals surface area contributed by atoms with Crippen LogP contribution in [0.3, 0.4) is 0 Å². The standard InChI is InChI=1S/C14H20Cl2N2/c1-4-9-5-6-10(7-9)14-17-12(15)11(8(2)3)13(16)18-14/h8-10H,4-7H2,1-3H3. The molecule has 0 aliphatic heterocycles. The summed E-state index contributed by atoms with van der Waals surface area (Å²) in [5.74, 6) is 2.34. The van der Waals surface area contributed by atoms with Crippen molar-refractivity contribution >= 4 is 23.2 Å². The van der Waals surface area contributed by atoms with Crippen molar-refractivity contribution in [2.24, 2.45) is 5.92 Å². The number of hydrogen-bond acceptors (Lipinski definition) is 2. The van der Waals surface area contributed by atoms with Gasteiger partial charge in [-0.2, -0.15) is 0 Å². The van der Waals surface area contributed by atoms with Gasteiger partial charge in [0.05, 0.1) is 0 Å². The predicted octanol–water partition coefficient (Wildman–Crippen LogP) is 5.20. The SMILES string of the molecule is CCC1CCC(c2nc(Cl)c(C(C)C)c(Cl)n2)C1. The lowest BCUT2D eigenvalue weighted by Crippen LogP contribution is -2.06. The Morgan fingerprint density at radius 2 is 1.78 bits per heavy atom. The molecule has 0 radical (unpaired) electrons. The number of halogens is 2. The van der Waals surface area contributed by atoms with Gasteiger partial charge in [-0.25, -0.2) is 9.97 Å². The van der Waals surface area contributed by atoms with Crippen LogP contribution >= 0.6 is 23.2 Å². The van der Waals surface area contributed by atoms with Crippen molar-refractivity contribution in [3.05, 3.63) is 21.7 Å². The van der Waals surface area contributed by atoms with E-state index in [-0.39, 0.29) is 5.92 Å². The Morgan fingerprint density at radius 1 is 1.17 bits per heavy atom. The minimum Gasteiger partial charge on any atom is -0.221 e. The fraction of sp³-hybridized carbons (Fsp3) is 0.714. The monoisotopic (exact) mass is 286 g/mol. The lowest BCUT2D eigenvalue weighted by molar-refractivity contribution is 0.516. The molecule has 2 atom stereocenters. The number of rotatable bonds is 3. The molecule has 1 aliphatic carbocycles. The van der Waals surface area contributed by atoms with Gasteiger partial charge in [-0.1, -0.05) is 50.4 Å². The van der Waals surface area contributed by atoms with Crippen LogP contribution < -0.4 is 0 Å². The maximum atomic E-state index is 6.24. The molecule has 1 aromatic heterocycles. The molecule has 100 valence electrons. The third kappa shape index (κ3) is 2.80. The fourth-order valence-electron chi connectivity index (χ4n) is 2.77.